The topological polar surface area (TPSA) is 0 Å². The molecule has 3 aliphatic rings. The Morgan fingerprint density at radius 1 is 1.00 bits per heavy atom. The van der Waals surface area contributed by atoms with E-state index in [-0.39, 0.29) is 29.6 Å². The van der Waals surface area contributed by atoms with E-state index in [2.05, 4.69) is 24.3 Å². The predicted molar refractivity (Wildman–Crippen MR) is 48.6 cm³/mol. The van der Waals surface area contributed by atoms with Crippen LogP contribution >= 0.6 is 0 Å². The Bertz CT molecular complexity index is 217. The average Bonchev–Trinajstić information content (AvgIpc) is 2.60. The second-order valence-electron chi connectivity index (χ2n) is 3.85. The second kappa shape index (κ2) is 2.76. The molecule has 1 saturated carbocycles. The molecule has 4 atom stereocenters. The SMILES string of the molecule is C1=CC2C3C=CC(C3)C2C1.[NaH]. The number of rotatable bonds is 0. The van der Waals surface area contributed by atoms with Crippen molar-refractivity contribution in [2.75, 3.05) is 0 Å². The molecule has 0 aromatic rings. The van der Waals surface area contributed by atoms with Crippen molar-refractivity contribution in [3.8, 4) is 0 Å². The van der Waals surface area contributed by atoms with E-state index in [1.54, 1.807) is 0 Å². The van der Waals surface area contributed by atoms with Gasteiger partial charge < -0.3 is 0 Å². The van der Waals surface area contributed by atoms with Crippen molar-refractivity contribution < 1.29 is 0 Å². The minimum absolute atomic E-state index is 0. The summed E-state index contributed by atoms with van der Waals surface area (Å²) < 4.78 is 0. The van der Waals surface area contributed by atoms with Gasteiger partial charge in [0.2, 0.25) is 0 Å². The summed E-state index contributed by atoms with van der Waals surface area (Å²) in [5.74, 6) is 3.82. The second-order valence-corrected chi connectivity index (χ2v) is 3.85. The van der Waals surface area contributed by atoms with Gasteiger partial charge >= 0.3 is 29.6 Å². The molecule has 0 aromatic heterocycles. The van der Waals surface area contributed by atoms with Gasteiger partial charge in [-0.25, -0.2) is 0 Å². The van der Waals surface area contributed by atoms with Crippen molar-refractivity contribution in [2.24, 2.45) is 23.7 Å². The molecular weight excluding hydrogens is 143 g/mol. The van der Waals surface area contributed by atoms with E-state index in [4.69, 9.17) is 0 Å². The molecule has 4 unspecified atom stereocenters. The Labute approximate surface area is 90.0 Å². The number of allylic oxidation sites excluding steroid dienone is 4. The standard InChI is InChI=1S/C10H12.Na.H/c1-2-9-7-4-5-8(6-7)10(9)3-1;;/h1-2,4-5,7-10H,3,6H2;;. The normalized spacial score (nSPS) is 49.5. The van der Waals surface area contributed by atoms with E-state index < -0.39 is 0 Å². The van der Waals surface area contributed by atoms with Crippen LogP contribution in [0.4, 0.5) is 0 Å². The van der Waals surface area contributed by atoms with Gasteiger partial charge in [0.15, 0.2) is 0 Å². The number of hydrogen-bond donors (Lipinski definition) is 0. The Morgan fingerprint density at radius 3 is 2.64 bits per heavy atom. The van der Waals surface area contributed by atoms with Gasteiger partial charge in [0, 0.05) is 0 Å². The fourth-order valence-electron chi connectivity index (χ4n) is 2.97. The van der Waals surface area contributed by atoms with E-state index in [0.717, 1.165) is 23.7 Å². The summed E-state index contributed by atoms with van der Waals surface area (Å²) in [4.78, 5) is 0. The first kappa shape index (κ1) is 8.10. The molecule has 0 heterocycles. The van der Waals surface area contributed by atoms with Crippen LogP contribution in [0.2, 0.25) is 0 Å². The molecule has 0 spiro atoms. The summed E-state index contributed by atoms with van der Waals surface area (Å²) in [5.41, 5.74) is 0. The van der Waals surface area contributed by atoms with Crippen molar-refractivity contribution in [3.63, 3.8) is 0 Å². The van der Waals surface area contributed by atoms with Crippen molar-refractivity contribution >= 4 is 29.6 Å². The molecule has 3 rings (SSSR count). The van der Waals surface area contributed by atoms with Crippen molar-refractivity contribution in [2.45, 2.75) is 12.8 Å². The van der Waals surface area contributed by atoms with Gasteiger partial charge in [0.05, 0.1) is 0 Å². The van der Waals surface area contributed by atoms with Crippen LogP contribution in [0.15, 0.2) is 24.3 Å². The zero-order chi connectivity index (χ0) is 6.55. The van der Waals surface area contributed by atoms with E-state index in [1.807, 2.05) is 0 Å². The molecule has 0 nitrogen and oxygen atoms in total. The van der Waals surface area contributed by atoms with Gasteiger partial charge in [-0.3, -0.25) is 0 Å². The Balaban J connectivity index is 0.000000480. The Morgan fingerprint density at radius 2 is 1.82 bits per heavy atom. The summed E-state index contributed by atoms with van der Waals surface area (Å²) in [6.07, 6.45) is 12.5. The first-order valence-electron chi connectivity index (χ1n) is 4.30. The fraction of sp³-hybridized carbons (Fsp3) is 0.600. The first-order chi connectivity index (χ1) is 4.95. The molecule has 0 N–H and O–H groups in total. The summed E-state index contributed by atoms with van der Waals surface area (Å²) in [6, 6.07) is 0. The average molecular weight is 156 g/mol. The fourth-order valence-corrected chi connectivity index (χ4v) is 2.97. The van der Waals surface area contributed by atoms with Gasteiger partial charge in [-0.1, -0.05) is 24.3 Å². The van der Waals surface area contributed by atoms with E-state index in [0.29, 0.717) is 0 Å². The number of hydrogen-bond acceptors (Lipinski definition) is 0. The van der Waals surface area contributed by atoms with E-state index in [9.17, 15) is 0 Å². The van der Waals surface area contributed by atoms with Crippen LogP contribution in [0.25, 0.3) is 0 Å². The third-order valence-corrected chi connectivity index (χ3v) is 3.46. The Kier molecular flexibility index (Phi) is 2.03. The number of fused-ring (bicyclic) bond motifs is 5. The molecule has 1 fully saturated rings. The minimum atomic E-state index is 0. The summed E-state index contributed by atoms with van der Waals surface area (Å²) in [7, 11) is 0. The van der Waals surface area contributed by atoms with Crippen LogP contribution in [0.3, 0.4) is 0 Å². The van der Waals surface area contributed by atoms with Gasteiger partial charge in [0.1, 0.15) is 0 Å². The van der Waals surface area contributed by atoms with Crippen molar-refractivity contribution in [1.82, 2.24) is 0 Å². The maximum atomic E-state index is 2.44. The monoisotopic (exact) mass is 156 g/mol. The van der Waals surface area contributed by atoms with Crippen LogP contribution in [-0.2, 0) is 0 Å². The quantitative estimate of drug-likeness (QED) is 0.370. The van der Waals surface area contributed by atoms with Crippen molar-refractivity contribution in [3.05, 3.63) is 24.3 Å². The zero-order valence-electron chi connectivity index (χ0n) is 6.03. The van der Waals surface area contributed by atoms with E-state index >= 15 is 0 Å². The van der Waals surface area contributed by atoms with Crippen LogP contribution in [-0.4, -0.2) is 29.6 Å². The Hall–Kier alpha value is 0.480. The summed E-state index contributed by atoms with van der Waals surface area (Å²) in [5, 5.41) is 0. The molecule has 11 heavy (non-hydrogen) atoms. The molecular formula is C10H13Na. The van der Waals surface area contributed by atoms with Crippen LogP contribution < -0.4 is 0 Å². The molecule has 0 saturated heterocycles. The molecule has 2 bridgehead atoms. The molecule has 0 amide bonds. The van der Waals surface area contributed by atoms with Crippen LogP contribution in [0, 0.1) is 23.7 Å². The molecule has 0 aromatic carbocycles. The molecule has 0 aliphatic heterocycles. The van der Waals surface area contributed by atoms with Crippen LogP contribution in [0.5, 0.6) is 0 Å². The molecule has 0 radical (unpaired) electrons. The molecule has 54 valence electrons. The third kappa shape index (κ3) is 0.998. The molecule has 1 heteroatoms. The summed E-state index contributed by atoms with van der Waals surface area (Å²) in [6.45, 7) is 0. The van der Waals surface area contributed by atoms with Crippen LogP contribution in [0.1, 0.15) is 12.8 Å². The zero-order valence-corrected chi connectivity index (χ0v) is 6.03. The third-order valence-electron chi connectivity index (χ3n) is 3.46. The summed E-state index contributed by atoms with van der Waals surface area (Å²) >= 11 is 0. The van der Waals surface area contributed by atoms with Gasteiger partial charge in [-0.15, -0.1) is 0 Å². The van der Waals surface area contributed by atoms with E-state index in [1.165, 1.54) is 12.8 Å². The first-order valence-corrected chi connectivity index (χ1v) is 4.30. The van der Waals surface area contributed by atoms with Gasteiger partial charge in [-0.05, 0) is 36.5 Å². The van der Waals surface area contributed by atoms with Crippen molar-refractivity contribution in [1.29, 1.82) is 0 Å². The van der Waals surface area contributed by atoms with Gasteiger partial charge in [-0.2, -0.15) is 0 Å². The predicted octanol–water partition coefficient (Wildman–Crippen LogP) is 1.74. The molecule has 3 aliphatic carbocycles. The maximum absolute atomic E-state index is 2.44. The van der Waals surface area contributed by atoms with Gasteiger partial charge in [0.25, 0.3) is 0 Å².